The molecule has 6 aromatic heterocycles. The molecule has 0 bridgehead atoms. The fourth-order valence-corrected chi connectivity index (χ4v) is 9.18. The molecule has 10 aromatic rings. The van der Waals surface area contributed by atoms with E-state index < -0.39 is 5.66 Å². The molecule has 0 aliphatic carbocycles. The molecule has 13 rings (SSSR count). The van der Waals surface area contributed by atoms with Crippen molar-refractivity contribution in [1.82, 2.24) is 18.8 Å². The Morgan fingerprint density at radius 3 is 1.55 bits per heavy atom. The summed E-state index contributed by atoms with van der Waals surface area (Å²) in [5.74, 6) is 1.78. The number of nitrogens with zero attached hydrogens (tertiary/aromatic N) is 6. The van der Waals surface area contributed by atoms with Gasteiger partial charge in [0.25, 0.3) is 11.3 Å². The van der Waals surface area contributed by atoms with Crippen LogP contribution in [0.3, 0.4) is 0 Å². The number of rotatable bonds is 0. The lowest BCUT2D eigenvalue weighted by Gasteiger charge is -2.30. The SMILES string of the molecule is c1ccc2c(c1)c1ccc3c4c1c1n2c2ncccc2[n+]1C41c2c(ccc4c5ccccc5n5c6ncccc6[n+]1c5c24)O3. The lowest BCUT2D eigenvalue weighted by molar-refractivity contribution is -0.923. The lowest BCUT2D eigenvalue weighted by Crippen LogP contribution is -2.71. The minimum atomic E-state index is -0.743. The van der Waals surface area contributed by atoms with Crippen LogP contribution in [0.4, 0.5) is 0 Å². The van der Waals surface area contributed by atoms with Gasteiger partial charge < -0.3 is 4.74 Å². The highest BCUT2D eigenvalue weighted by atomic mass is 16.5. The second kappa shape index (κ2) is 6.31. The predicted molar refractivity (Wildman–Crippen MR) is 167 cm³/mol. The number of benzene rings is 4. The molecule has 0 N–H and O–H groups in total. The summed E-state index contributed by atoms with van der Waals surface area (Å²) in [6, 6.07) is 34.8. The van der Waals surface area contributed by atoms with Crippen LogP contribution in [-0.4, -0.2) is 18.8 Å². The summed E-state index contributed by atoms with van der Waals surface area (Å²) < 4.78 is 16.8. The van der Waals surface area contributed by atoms with Crippen LogP contribution in [0.1, 0.15) is 11.1 Å². The van der Waals surface area contributed by atoms with Crippen molar-refractivity contribution < 1.29 is 13.9 Å². The molecular formula is C37H18N6O+2. The summed E-state index contributed by atoms with van der Waals surface area (Å²) in [6.45, 7) is 0. The first-order valence-electron chi connectivity index (χ1n) is 14.9. The third kappa shape index (κ3) is 1.80. The van der Waals surface area contributed by atoms with Crippen LogP contribution in [0.5, 0.6) is 11.5 Å². The van der Waals surface area contributed by atoms with Crippen molar-refractivity contribution in [2.45, 2.75) is 5.66 Å². The first kappa shape index (κ1) is 20.7. The summed E-state index contributed by atoms with van der Waals surface area (Å²) in [4.78, 5) is 10.1. The van der Waals surface area contributed by atoms with Crippen molar-refractivity contribution in [2.75, 3.05) is 0 Å². The maximum absolute atomic E-state index is 6.92. The van der Waals surface area contributed by atoms with Crippen LogP contribution < -0.4 is 13.9 Å². The molecule has 0 amide bonds. The largest absolute Gasteiger partial charge is 0.456 e. The number of imidazole rings is 2. The highest BCUT2D eigenvalue weighted by molar-refractivity contribution is 6.19. The number of pyridine rings is 4. The Kier molecular flexibility index (Phi) is 2.97. The fourth-order valence-electron chi connectivity index (χ4n) is 9.18. The molecule has 0 unspecified atom stereocenters. The van der Waals surface area contributed by atoms with E-state index in [4.69, 9.17) is 14.7 Å². The standard InChI is InChI=1S/C37H18N6O/c1-3-9-23-19(7-1)21-13-15-27-31-29(21)35-40(23)33-25(11-5-17-38-33)42(35)37(31)32-28(44-27)16-14-22-20-8-2-4-10-24(20)41-34-26(12-6-18-39-34)43(37)36(41)30(22)32/h1-18H/q+2. The van der Waals surface area contributed by atoms with E-state index in [1.54, 1.807) is 0 Å². The van der Waals surface area contributed by atoms with Gasteiger partial charge in [0.05, 0.1) is 10.8 Å². The van der Waals surface area contributed by atoms with Crippen molar-refractivity contribution in [1.29, 1.82) is 0 Å². The van der Waals surface area contributed by atoms with Crippen molar-refractivity contribution in [3.8, 4) is 11.5 Å². The van der Waals surface area contributed by atoms with Crippen molar-refractivity contribution in [3.05, 3.63) is 121 Å². The van der Waals surface area contributed by atoms with Gasteiger partial charge in [-0.15, -0.1) is 0 Å². The Labute approximate surface area is 247 Å². The number of ether oxygens (including phenoxy) is 1. The third-order valence-corrected chi connectivity index (χ3v) is 10.5. The van der Waals surface area contributed by atoms with Crippen LogP contribution in [0.15, 0.2) is 109 Å². The molecule has 7 heteroatoms. The molecule has 3 aliphatic heterocycles. The summed E-state index contributed by atoms with van der Waals surface area (Å²) >= 11 is 0. The first-order chi connectivity index (χ1) is 21.9. The van der Waals surface area contributed by atoms with E-state index in [9.17, 15) is 0 Å². The highest BCUT2D eigenvalue weighted by Gasteiger charge is 2.67. The Balaban J connectivity index is 1.45. The van der Waals surface area contributed by atoms with E-state index in [2.05, 4.69) is 115 Å². The molecule has 0 radical (unpaired) electrons. The molecule has 3 aliphatic rings. The molecule has 0 fully saturated rings. The zero-order valence-corrected chi connectivity index (χ0v) is 23.0. The molecule has 4 aromatic carbocycles. The molecule has 1 spiro atoms. The fraction of sp³-hybridized carbons (Fsp3) is 0.0270. The zero-order valence-electron chi connectivity index (χ0n) is 23.0. The van der Waals surface area contributed by atoms with Crippen molar-refractivity contribution in [3.63, 3.8) is 0 Å². The molecule has 7 nitrogen and oxygen atoms in total. The Morgan fingerprint density at radius 1 is 0.523 bits per heavy atom. The maximum Gasteiger partial charge on any atom is 0.316 e. The second-order valence-electron chi connectivity index (χ2n) is 12.2. The Hall–Kier alpha value is -6.08. The van der Waals surface area contributed by atoms with Crippen molar-refractivity contribution >= 4 is 77.0 Å². The van der Waals surface area contributed by atoms with E-state index >= 15 is 0 Å². The molecule has 200 valence electrons. The lowest BCUT2D eigenvalue weighted by atomic mass is 9.85. The molecule has 0 saturated heterocycles. The first-order valence-corrected chi connectivity index (χ1v) is 14.9. The predicted octanol–water partition coefficient (Wildman–Crippen LogP) is 6.51. The Morgan fingerprint density at radius 2 is 1.02 bits per heavy atom. The summed E-state index contributed by atoms with van der Waals surface area (Å²) in [6.07, 6.45) is 3.81. The highest BCUT2D eigenvalue weighted by Crippen LogP contribution is 2.58. The maximum atomic E-state index is 6.92. The minimum Gasteiger partial charge on any atom is -0.456 e. The monoisotopic (exact) mass is 562 g/mol. The number of para-hydroxylation sites is 2. The summed E-state index contributed by atoms with van der Waals surface area (Å²) in [5, 5.41) is 7.27. The van der Waals surface area contributed by atoms with Gasteiger partial charge >= 0.3 is 17.0 Å². The average Bonchev–Trinajstić information content (AvgIpc) is 3.79. The number of hydrogen-bond donors (Lipinski definition) is 0. The van der Waals surface area contributed by atoms with Gasteiger partial charge in [-0.05, 0) is 60.7 Å². The van der Waals surface area contributed by atoms with Gasteiger partial charge in [0.2, 0.25) is 0 Å². The van der Waals surface area contributed by atoms with E-state index in [-0.39, 0.29) is 0 Å². The van der Waals surface area contributed by atoms with Crippen LogP contribution in [0.25, 0.3) is 77.0 Å². The van der Waals surface area contributed by atoms with Gasteiger partial charge in [-0.3, -0.25) is 0 Å². The van der Waals surface area contributed by atoms with E-state index in [0.29, 0.717) is 0 Å². The summed E-state index contributed by atoms with van der Waals surface area (Å²) in [7, 11) is 0. The molecule has 0 atom stereocenters. The van der Waals surface area contributed by atoms with E-state index in [0.717, 1.165) is 56.2 Å². The zero-order chi connectivity index (χ0) is 28.1. The van der Waals surface area contributed by atoms with Crippen LogP contribution >= 0.6 is 0 Å². The molecule has 44 heavy (non-hydrogen) atoms. The number of aromatic nitrogens is 6. The third-order valence-electron chi connectivity index (χ3n) is 10.5. The van der Waals surface area contributed by atoms with Crippen LogP contribution in [0.2, 0.25) is 0 Å². The quantitative estimate of drug-likeness (QED) is 0.157. The second-order valence-corrected chi connectivity index (χ2v) is 12.2. The molecular weight excluding hydrogens is 544 g/mol. The van der Waals surface area contributed by atoms with Gasteiger partial charge in [0.1, 0.15) is 33.7 Å². The van der Waals surface area contributed by atoms with Crippen molar-refractivity contribution in [2.24, 2.45) is 0 Å². The topological polar surface area (TPSA) is 51.6 Å². The number of hydrogen-bond acceptors (Lipinski definition) is 3. The number of fused-ring (bicyclic) bond motifs is 12. The molecule has 9 heterocycles. The smallest absolute Gasteiger partial charge is 0.316 e. The average molecular weight is 563 g/mol. The summed E-state index contributed by atoms with van der Waals surface area (Å²) in [5.41, 5.74) is 10.3. The van der Waals surface area contributed by atoms with E-state index in [1.807, 2.05) is 12.4 Å². The van der Waals surface area contributed by atoms with Crippen LogP contribution in [-0.2, 0) is 5.66 Å². The molecule has 0 saturated carbocycles. The van der Waals surface area contributed by atoms with Crippen LogP contribution in [0, 0.1) is 0 Å². The van der Waals surface area contributed by atoms with Gasteiger partial charge in [-0.2, -0.15) is 17.9 Å². The van der Waals surface area contributed by atoms with Gasteiger partial charge in [0, 0.05) is 33.9 Å². The minimum absolute atomic E-state index is 0.743. The van der Waals surface area contributed by atoms with Gasteiger partial charge in [-0.1, -0.05) is 36.4 Å². The van der Waals surface area contributed by atoms with Gasteiger partial charge in [0.15, 0.2) is 11.0 Å². The Bertz CT molecular complexity index is 2890. The van der Waals surface area contributed by atoms with Gasteiger partial charge in [-0.25, -0.2) is 9.97 Å². The van der Waals surface area contributed by atoms with E-state index in [1.165, 1.54) is 43.4 Å². The normalized spacial score (nSPS) is 15.2.